The fourth-order valence-electron chi connectivity index (χ4n) is 2.65. The molecular formula is C17H22N2O3S2. The quantitative estimate of drug-likeness (QED) is 0.886. The predicted molar refractivity (Wildman–Crippen MR) is 98.4 cm³/mol. The van der Waals surface area contributed by atoms with Gasteiger partial charge in [-0.3, -0.25) is 9.59 Å². The minimum absolute atomic E-state index is 0.000240. The molecule has 2 fully saturated rings. The van der Waals surface area contributed by atoms with E-state index in [0.29, 0.717) is 36.4 Å². The number of thioether (sulfide) groups is 2. The van der Waals surface area contributed by atoms with Crippen molar-refractivity contribution in [3.05, 3.63) is 29.8 Å². The van der Waals surface area contributed by atoms with Gasteiger partial charge in [0.2, 0.25) is 5.91 Å². The zero-order valence-electron chi connectivity index (χ0n) is 13.5. The number of ether oxygens (including phenoxy) is 1. The average molecular weight is 367 g/mol. The van der Waals surface area contributed by atoms with Gasteiger partial charge in [0.05, 0.1) is 4.58 Å². The van der Waals surface area contributed by atoms with Crippen molar-refractivity contribution in [3.8, 4) is 5.75 Å². The molecule has 5 nitrogen and oxygen atoms in total. The highest BCUT2D eigenvalue weighted by Gasteiger charge is 2.19. The number of amides is 2. The first kappa shape index (κ1) is 17.5. The zero-order valence-corrected chi connectivity index (χ0v) is 15.2. The van der Waals surface area contributed by atoms with Gasteiger partial charge in [-0.2, -0.15) is 0 Å². The Labute approximate surface area is 150 Å². The second-order valence-electron chi connectivity index (χ2n) is 5.77. The van der Waals surface area contributed by atoms with Crippen LogP contribution < -0.4 is 10.1 Å². The first-order chi connectivity index (χ1) is 11.7. The Kier molecular flexibility index (Phi) is 6.31. The van der Waals surface area contributed by atoms with E-state index < -0.39 is 0 Å². The standard InChI is InChI=1S/C17H22N2O3S2/c20-15-6-8-19(9-7-18-15)16(21)12-22-14-4-2-13(3-5-14)17-23-10-1-11-24-17/h2-5,17H,1,6-12H2,(H,18,20). The molecule has 0 unspecified atom stereocenters. The number of hydrogen-bond donors (Lipinski definition) is 1. The second-order valence-corrected chi connectivity index (χ2v) is 8.49. The van der Waals surface area contributed by atoms with Crippen LogP contribution in [0, 0.1) is 0 Å². The van der Waals surface area contributed by atoms with Crippen molar-refractivity contribution in [1.82, 2.24) is 10.2 Å². The molecule has 0 saturated carbocycles. The molecule has 7 heteroatoms. The largest absolute Gasteiger partial charge is 0.484 e. The third-order valence-electron chi connectivity index (χ3n) is 4.01. The molecule has 0 aliphatic carbocycles. The zero-order chi connectivity index (χ0) is 16.8. The number of carbonyl (C=O) groups is 2. The lowest BCUT2D eigenvalue weighted by Crippen LogP contribution is -2.37. The van der Waals surface area contributed by atoms with Crippen molar-refractivity contribution >= 4 is 35.3 Å². The lowest BCUT2D eigenvalue weighted by atomic mass is 10.2. The van der Waals surface area contributed by atoms with E-state index in [1.807, 2.05) is 35.7 Å². The number of hydrogen-bond acceptors (Lipinski definition) is 5. The molecule has 0 bridgehead atoms. The molecule has 2 heterocycles. The summed E-state index contributed by atoms with van der Waals surface area (Å²) in [5, 5.41) is 2.76. The third kappa shape index (κ3) is 4.83. The summed E-state index contributed by atoms with van der Waals surface area (Å²) in [7, 11) is 0. The molecule has 0 aromatic heterocycles. The highest BCUT2D eigenvalue weighted by Crippen LogP contribution is 2.43. The van der Waals surface area contributed by atoms with E-state index in [4.69, 9.17) is 4.74 Å². The van der Waals surface area contributed by atoms with Crippen LogP contribution in [0.3, 0.4) is 0 Å². The van der Waals surface area contributed by atoms with Crippen LogP contribution in [0.4, 0.5) is 0 Å². The molecule has 1 N–H and O–H groups in total. The smallest absolute Gasteiger partial charge is 0.260 e. The first-order valence-electron chi connectivity index (χ1n) is 8.23. The molecule has 2 saturated heterocycles. The minimum Gasteiger partial charge on any atom is -0.484 e. The van der Waals surface area contributed by atoms with Crippen LogP contribution in [0.15, 0.2) is 24.3 Å². The van der Waals surface area contributed by atoms with E-state index in [0.717, 1.165) is 0 Å². The van der Waals surface area contributed by atoms with Gasteiger partial charge >= 0.3 is 0 Å². The Hall–Kier alpha value is -1.34. The normalized spacial score (nSPS) is 19.5. The maximum absolute atomic E-state index is 12.2. The second kappa shape index (κ2) is 8.67. The maximum atomic E-state index is 12.2. The molecule has 2 aliphatic heterocycles. The van der Waals surface area contributed by atoms with E-state index in [2.05, 4.69) is 17.4 Å². The summed E-state index contributed by atoms with van der Waals surface area (Å²) in [6.07, 6.45) is 1.64. The lowest BCUT2D eigenvalue weighted by molar-refractivity contribution is -0.133. The van der Waals surface area contributed by atoms with Gasteiger partial charge in [0, 0.05) is 26.1 Å². The fraction of sp³-hybridized carbons (Fsp3) is 0.529. The van der Waals surface area contributed by atoms with Gasteiger partial charge in [-0.1, -0.05) is 12.1 Å². The van der Waals surface area contributed by atoms with Gasteiger partial charge < -0.3 is 15.0 Å². The topological polar surface area (TPSA) is 58.6 Å². The van der Waals surface area contributed by atoms with Crippen molar-refractivity contribution in [2.24, 2.45) is 0 Å². The molecule has 24 heavy (non-hydrogen) atoms. The van der Waals surface area contributed by atoms with Gasteiger partial charge in [-0.25, -0.2) is 0 Å². The molecule has 1 aromatic carbocycles. The van der Waals surface area contributed by atoms with Crippen LogP contribution in [0.2, 0.25) is 0 Å². The third-order valence-corrected chi connectivity index (χ3v) is 7.02. The van der Waals surface area contributed by atoms with Crippen molar-refractivity contribution in [3.63, 3.8) is 0 Å². The van der Waals surface area contributed by atoms with E-state index in [1.165, 1.54) is 23.5 Å². The SMILES string of the molecule is O=C1CCN(C(=O)COc2ccc(C3SCCCS3)cc2)CCN1. The summed E-state index contributed by atoms with van der Waals surface area (Å²) in [4.78, 5) is 25.2. The minimum atomic E-state index is -0.0750. The highest BCUT2D eigenvalue weighted by atomic mass is 32.2. The number of rotatable bonds is 4. The Bertz CT molecular complexity index is 574. The molecular weight excluding hydrogens is 344 g/mol. The molecule has 0 radical (unpaired) electrons. The van der Waals surface area contributed by atoms with Crippen LogP contribution in [-0.4, -0.2) is 54.5 Å². The van der Waals surface area contributed by atoms with Crippen LogP contribution in [0.25, 0.3) is 0 Å². The molecule has 0 spiro atoms. The summed E-state index contributed by atoms with van der Waals surface area (Å²) >= 11 is 3.98. The summed E-state index contributed by atoms with van der Waals surface area (Å²) in [5.41, 5.74) is 1.31. The summed E-state index contributed by atoms with van der Waals surface area (Å²) in [6.45, 7) is 1.53. The number of nitrogens with zero attached hydrogens (tertiary/aromatic N) is 1. The molecule has 130 valence electrons. The average Bonchev–Trinajstić information content (AvgIpc) is 2.85. The van der Waals surface area contributed by atoms with Crippen LogP contribution in [0.5, 0.6) is 5.75 Å². The molecule has 1 aromatic rings. The van der Waals surface area contributed by atoms with E-state index in [1.54, 1.807) is 4.90 Å². The van der Waals surface area contributed by atoms with Gasteiger partial charge in [0.15, 0.2) is 6.61 Å². The van der Waals surface area contributed by atoms with Crippen LogP contribution in [-0.2, 0) is 9.59 Å². The predicted octanol–water partition coefficient (Wildman–Crippen LogP) is 2.28. The fourth-order valence-corrected chi connectivity index (χ4v) is 5.55. The number of benzene rings is 1. The van der Waals surface area contributed by atoms with Crippen LogP contribution in [0.1, 0.15) is 23.0 Å². The molecule has 3 rings (SSSR count). The van der Waals surface area contributed by atoms with E-state index >= 15 is 0 Å². The summed E-state index contributed by atoms with van der Waals surface area (Å²) in [6, 6.07) is 8.05. The van der Waals surface area contributed by atoms with Gasteiger partial charge in [0.25, 0.3) is 5.91 Å². The van der Waals surface area contributed by atoms with E-state index in [-0.39, 0.29) is 18.4 Å². The van der Waals surface area contributed by atoms with Gasteiger partial charge in [-0.15, -0.1) is 23.5 Å². The van der Waals surface area contributed by atoms with Crippen molar-refractivity contribution in [1.29, 1.82) is 0 Å². The Morgan fingerprint density at radius 3 is 2.71 bits per heavy atom. The molecule has 2 amide bonds. The monoisotopic (exact) mass is 366 g/mol. The van der Waals surface area contributed by atoms with E-state index in [9.17, 15) is 9.59 Å². The van der Waals surface area contributed by atoms with Gasteiger partial charge in [-0.05, 0) is 35.6 Å². The molecule has 0 atom stereocenters. The van der Waals surface area contributed by atoms with Gasteiger partial charge in [0.1, 0.15) is 5.75 Å². The lowest BCUT2D eigenvalue weighted by Gasteiger charge is -2.21. The summed E-state index contributed by atoms with van der Waals surface area (Å²) < 4.78 is 6.13. The Morgan fingerprint density at radius 1 is 1.21 bits per heavy atom. The van der Waals surface area contributed by atoms with Crippen molar-refractivity contribution < 1.29 is 14.3 Å². The Balaban J connectivity index is 1.49. The number of carbonyl (C=O) groups excluding carboxylic acids is 2. The molecule has 2 aliphatic rings. The van der Waals surface area contributed by atoms with Crippen molar-refractivity contribution in [2.75, 3.05) is 37.7 Å². The first-order valence-corrected chi connectivity index (χ1v) is 10.3. The number of nitrogens with one attached hydrogen (secondary N) is 1. The maximum Gasteiger partial charge on any atom is 0.260 e. The summed E-state index contributed by atoms with van der Waals surface area (Å²) in [5.74, 6) is 3.08. The Morgan fingerprint density at radius 2 is 1.96 bits per heavy atom. The van der Waals surface area contributed by atoms with Crippen LogP contribution >= 0.6 is 23.5 Å². The van der Waals surface area contributed by atoms with Crippen molar-refractivity contribution in [2.45, 2.75) is 17.4 Å². The highest BCUT2D eigenvalue weighted by molar-refractivity contribution is 8.16.